The molecule has 0 aliphatic heterocycles. The number of amides is 1. The van der Waals surface area contributed by atoms with Crippen LogP contribution in [0.15, 0.2) is 24.3 Å². The lowest BCUT2D eigenvalue weighted by Crippen LogP contribution is -2.44. The van der Waals surface area contributed by atoms with Crippen molar-refractivity contribution in [1.29, 1.82) is 0 Å². The highest BCUT2D eigenvalue weighted by Gasteiger charge is 2.20. The summed E-state index contributed by atoms with van der Waals surface area (Å²) in [6.07, 6.45) is 4.44. The molecule has 4 heteroatoms. The number of benzene rings is 1. The predicted molar refractivity (Wildman–Crippen MR) is 88.5 cm³/mol. The second kappa shape index (κ2) is 8.30. The number of rotatable bonds is 7. The average Bonchev–Trinajstić information content (AvgIpc) is 2.53. The van der Waals surface area contributed by atoms with E-state index >= 15 is 0 Å². The molecule has 0 bridgehead atoms. The minimum Gasteiger partial charge on any atom is -0.373 e. The lowest BCUT2D eigenvalue weighted by Gasteiger charge is -2.25. The Balaban J connectivity index is 1.69. The fourth-order valence-corrected chi connectivity index (χ4v) is 2.81. The number of nitrogens with two attached hydrogens (primary N) is 1. The van der Waals surface area contributed by atoms with Gasteiger partial charge in [0.25, 0.3) is 0 Å². The van der Waals surface area contributed by atoms with Crippen LogP contribution >= 0.6 is 0 Å². The highest BCUT2D eigenvalue weighted by Crippen LogP contribution is 2.32. The third-order valence-electron chi connectivity index (χ3n) is 4.27. The van der Waals surface area contributed by atoms with Gasteiger partial charge in [0.05, 0.1) is 12.1 Å². The van der Waals surface area contributed by atoms with Gasteiger partial charge in [0.1, 0.15) is 0 Å². The average molecular weight is 304 g/mol. The molecular weight excluding hydrogens is 276 g/mol. The Hall–Kier alpha value is -1.39. The second-order valence-corrected chi connectivity index (χ2v) is 6.36. The summed E-state index contributed by atoms with van der Waals surface area (Å²) >= 11 is 0. The summed E-state index contributed by atoms with van der Waals surface area (Å²) in [7, 11) is 0. The van der Waals surface area contributed by atoms with Crippen LogP contribution in [0.1, 0.15) is 50.3 Å². The molecule has 0 fully saturated rings. The molecule has 2 atom stereocenters. The third kappa shape index (κ3) is 4.55. The van der Waals surface area contributed by atoms with Gasteiger partial charge in [-0.15, -0.1) is 0 Å². The van der Waals surface area contributed by atoms with Crippen molar-refractivity contribution in [3.8, 4) is 0 Å². The lowest BCUT2D eigenvalue weighted by atomic mass is 9.89. The van der Waals surface area contributed by atoms with Gasteiger partial charge in [0, 0.05) is 13.2 Å². The molecule has 1 aromatic carbocycles. The number of carbonyl (C=O) groups is 1. The molecule has 1 aliphatic carbocycles. The molecule has 1 aromatic rings. The first kappa shape index (κ1) is 17.0. The van der Waals surface area contributed by atoms with Crippen LogP contribution in [0.2, 0.25) is 0 Å². The van der Waals surface area contributed by atoms with Crippen molar-refractivity contribution in [2.45, 2.75) is 51.7 Å². The quantitative estimate of drug-likeness (QED) is 0.761. The Bertz CT molecular complexity index is 488. The zero-order chi connectivity index (χ0) is 15.9. The first-order valence-corrected chi connectivity index (χ1v) is 8.32. The first-order valence-electron chi connectivity index (χ1n) is 8.32. The van der Waals surface area contributed by atoms with Crippen molar-refractivity contribution < 1.29 is 9.53 Å². The highest BCUT2D eigenvalue weighted by molar-refractivity contribution is 5.81. The number of nitrogens with one attached hydrogen (secondary N) is 1. The van der Waals surface area contributed by atoms with Crippen LogP contribution in [0.4, 0.5) is 0 Å². The Kier molecular flexibility index (Phi) is 6.40. The Labute approximate surface area is 133 Å². The maximum atomic E-state index is 11.7. The van der Waals surface area contributed by atoms with Gasteiger partial charge >= 0.3 is 0 Å². The summed E-state index contributed by atoms with van der Waals surface area (Å²) < 4.78 is 6.02. The summed E-state index contributed by atoms with van der Waals surface area (Å²) in [4.78, 5) is 11.7. The number of hydrogen-bond donors (Lipinski definition) is 2. The molecular formula is C18H28N2O2. The molecule has 1 aliphatic rings. The van der Waals surface area contributed by atoms with Crippen LogP contribution in [0.25, 0.3) is 0 Å². The summed E-state index contributed by atoms with van der Waals surface area (Å²) in [5, 5.41) is 2.88. The maximum Gasteiger partial charge on any atom is 0.237 e. The van der Waals surface area contributed by atoms with Crippen molar-refractivity contribution in [3.05, 3.63) is 35.4 Å². The van der Waals surface area contributed by atoms with Crippen LogP contribution in [0.3, 0.4) is 0 Å². The van der Waals surface area contributed by atoms with E-state index in [2.05, 4.69) is 29.6 Å². The van der Waals surface area contributed by atoms with Crippen LogP contribution in [0, 0.1) is 5.92 Å². The molecule has 122 valence electrons. The monoisotopic (exact) mass is 304 g/mol. The minimum absolute atomic E-state index is 0.0713. The van der Waals surface area contributed by atoms with Crippen LogP contribution in [0.5, 0.6) is 0 Å². The number of fused-ring (bicyclic) bond motifs is 1. The summed E-state index contributed by atoms with van der Waals surface area (Å²) in [5.74, 6) is 0.0907. The number of ether oxygens (including phenoxy) is 1. The Morgan fingerprint density at radius 3 is 2.95 bits per heavy atom. The molecule has 0 aromatic heterocycles. The van der Waals surface area contributed by atoms with E-state index in [9.17, 15) is 4.79 Å². The van der Waals surface area contributed by atoms with Gasteiger partial charge in [-0.3, -0.25) is 4.79 Å². The fraction of sp³-hybridized carbons (Fsp3) is 0.611. The van der Waals surface area contributed by atoms with Crippen molar-refractivity contribution in [2.75, 3.05) is 13.2 Å². The number of hydrogen-bond acceptors (Lipinski definition) is 3. The molecule has 22 heavy (non-hydrogen) atoms. The lowest BCUT2D eigenvalue weighted by molar-refractivity contribution is -0.123. The Morgan fingerprint density at radius 1 is 1.41 bits per heavy atom. The van der Waals surface area contributed by atoms with Gasteiger partial charge in [0.2, 0.25) is 5.91 Å². The smallest absolute Gasteiger partial charge is 0.237 e. The molecule has 1 amide bonds. The van der Waals surface area contributed by atoms with Gasteiger partial charge in [-0.05, 0) is 42.7 Å². The predicted octanol–water partition coefficient (Wildman–Crippen LogP) is 2.57. The number of aryl methyl sites for hydroxylation is 1. The van der Waals surface area contributed by atoms with Crippen LogP contribution in [-0.2, 0) is 16.0 Å². The Morgan fingerprint density at radius 2 is 2.18 bits per heavy atom. The van der Waals surface area contributed by atoms with E-state index in [-0.39, 0.29) is 17.9 Å². The van der Waals surface area contributed by atoms with Crippen LogP contribution < -0.4 is 11.1 Å². The zero-order valence-electron chi connectivity index (χ0n) is 13.7. The summed E-state index contributed by atoms with van der Waals surface area (Å²) in [5.41, 5.74) is 8.55. The standard InChI is InChI=1S/C18H28N2O2/c1-13(2)17(19)18(21)20-11-6-12-22-16-10-5-8-14-7-3-4-9-15(14)16/h3-4,7,9,13,16-17H,5-6,8,10-12,19H2,1-2H3,(H,20,21)/t16?,17-/m0/s1. The van der Waals surface area contributed by atoms with Crippen molar-refractivity contribution in [2.24, 2.45) is 11.7 Å². The van der Waals surface area contributed by atoms with Gasteiger partial charge in [-0.2, -0.15) is 0 Å². The van der Waals surface area contributed by atoms with E-state index in [1.807, 2.05) is 13.8 Å². The highest BCUT2D eigenvalue weighted by atomic mass is 16.5. The van der Waals surface area contributed by atoms with E-state index in [0.717, 1.165) is 19.3 Å². The van der Waals surface area contributed by atoms with Crippen molar-refractivity contribution >= 4 is 5.91 Å². The second-order valence-electron chi connectivity index (χ2n) is 6.36. The minimum atomic E-state index is -0.425. The molecule has 2 rings (SSSR count). The molecule has 0 saturated carbocycles. The van der Waals surface area contributed by atoms with Gasteiger partial charge in [-0.25, -0.2) is 0 Å². The van der Waals surface area contributed by atoms with Crippen molar-refractivity contribution in [1.82, 2.24) is 5.32 Å². The molecule has 0 saturated heterocycles. The normalized spacial score (nSPS) is 18.8. The summed E-state index contributed by atoms with van der Waals surface area (Å²) in [6, 6.07) is 8.11. The summed E-state index contributed by atoms with van der Waals surface area (Å²) in [6.45, 7) is 5.19. The van der Waals surface area contributed by atoms with Gasteiger partial charge in [0.15, 0.2) is 0 Å². The van der Waals surface area contributed by atoms with Gasteiger partial charge in [-0.1, -0.05) is 38.1 Å². The van der Waals surface area contributed by atoms with E-state index in [4.69, 9.17) is 10.5 Å². The fourth-order valence-electron chi connectivity index (χ4n) is 2.81. The topological polar surface area (TPSA) is 64.4 Å². The molecule has 0 spiro atoms. The molecule has 1 unspecified atom stereocenters. The maximum absolute atomic E-state index is 11.7. The zero-order valence-corrected chi connectivity index (χ0v) is 13.7. The third-order valence-corrected chi connectivity index (χ3v) is 4.27. The number of carbonyl (C=O) groups excluding carboxylic acids is 1. The molecule has 0 heterocycles. The van der Waals surface area contributed by atoms with Gasteiger partial charge < -0.3 is 15.8 Å². The SMILES string of the molecule is CC(C)[C@H](N)C(=O)NCCCOC1CCCc2ccccc21. The molecule has 3 N–H and O–H groups in total. The first-order chi connectivity index (χ1) is 10.6. The van der Waals surface area contributed by atoms with E-state index in [1.165, 1.54) is 17.5 Å². The van der Waals surface area contributed by atoms with Crippen LogP contribution in [-0.4, -0.2) is 25.1 Å². The molecule has 4 nitrogen and oxygen atoms in total. The van der Waals surface area contributed by atoms with E-state index in [0.29, 0.717) is 13.2 Å². The van der Waals surface area contributed by atoms with E-state index in [1.54, 1.807) is 0 Å². The van der Waals surface area contributed by atoms with Crippen molar-refractivity contribution in [3.63, 3.8) is 0 Å². The van der Waals surface area contributed by atoms with E-state index < -0.39 is 6.04 Å². The largest absolute Gasteiger partial charge is 0.373 e. The molecule has 0 radical (unpaired) electrons.